The van der Waals surface area contributed by atoms with Crippen molar-refractivity contribution >= 4 is 11.9 Å². The summed E-state index contributed by atoms with van der Waals surface area (Å²) in [6.07, 6.45) is 6.09. The molecule has 2 N–H and O–H groups in total. The minimum atomic E-state index is -0.934. The summed E-state index contributed by atoms with van der Waals surface area (Å²) < 4.78 is 0. The van der Waals surface area contributed by atoms with Crippen molar-refractivity contribution in [2.45, 2.75) is 45.6 Å². The Kier molecular flexibility index (Phi) is 5.37. The quantitative estimate of drug-likeness (QED) is 0.845. The number of carbonyl (C=O) groups is 2. The fourth-order valence-corrected chi connectivity index (χ4v) is 2.98. The number of hydrogen-bond donors (Lipinski definition) is 2. The molecule has 1 atom stereocenters. The van der Waals surface area contributed by atoms with Gasteiger partial charge in [0.1, 0.15) is 0 Å². The third-order valence-electron chi connectivity index (χ3n) is 4.28. The number of rotatable bonds is 6. The molecule has 0 saturated heterocycles. The standard InChI is InChI=1S/C17H23NO3/c1-12(10-13-4-2-3-5-13)16(19)18-11-14-6-8-15(9-7-14)17(20)21/h6-9,12-13H,2-5,10-11H2,1H3,(H,18,19)(H,20,21). The number of aromatic carboxylic acids is 1. The van der Waals surface area contributed by atoms with Gasteiger partial charge in [-0.15, -0.1) is 0 Å². The highest BCUT2D eigenvalue weighted by Gasteiger charge is 2.21. The molecule has 2 rings (SSSR count). The van der Waals surface area contributed by atoms with Crippen LogP contribution in [0.3, 0.4) is 0 Å². The summed E-state index contributed by atoms with van der Waals surface area (Å²) >= 11 is 0. The van der Waals surface area contributed by atoms with Crippen LogP contribution in [0, 0.1) is 11.8 Å². The Labute approximate surface area is 125 Å². The van der Waals surface area contributed by atoms with Gasteiger partial charge in [-0.1, -0.05) is 44.7 Å². The molecule has 0 spiro atoms. The van der Waals surface area contributed by atoms with Crippen molar-refractivity contribution in [2.24, 2.45) is 11.8 Å². The van der Waals surface area contributed by atoms with Crippen molar-refractivity contribution < 1.29 is 14.7 Å². The van der Waals surface area contributed by atoms with E-state index < -0.39 is 5.97 Å². The Morgan fingerprint density at radius 3 is 2.43 bits per heavy atom. The van der Waals surface area contributed by atoms with Crippen LogP contribution in [0.5, 0.6) is 0 Å². The van der Waals surface area contributed by atoms with Crippen LogP contribution in [0.1, 0.15) is 54.9 Å². The lowest BCUT2D eigenvalue weighted by Crippen LogP contribution is -2.29. The fourth-order valence-electron chi connectivity index (χ4n) is 2.98. The first-order valence-corrected chi connectivity index (χ1v) is 7.66. The Balaban J connectivity index is 1.78. The molecule has 0 heterocycles. The van der Waals surface area contributed by atoms with Crippen molar-refractivity contribution in [3.63, 3.8) is 0 Å². The predicted molar refractivity (Wildman–Crippen MR) is 81.0 cm³/mol. The van der Waals surface area contributed by atoms with Gasteiger partial charge in [0.2, 0.25) is 5.91 Å². The molecule has 21 heavy (non-hydrogen) atoms. The molecular formula is C17H23NO3. The zero-order valence-electron chi connectivity index (χ0n) is 12.5. The predicted octanol–water partition coefficient (Wildman–Crippen LogP) is 3.22. The van der Waals surface area contributed by atoms with Gasteiger partial charge >= 0.3 is 5.97 Å². The van der Waals surface area contributed by atoms with E-state index in [-0.39, 0.29) is 17.4 Å². The lowest BCUT2D eigenvalue weighted by Gasteiger charge is -2.16. The lowest BCUT2D eigenvalue weighted by molar-refractivity contribution is -0.125. The summed E-state index contributed by atoms with van der Waals surface area (Å²) in [6, 6.07) is 6.61. The van der Waals surface area contributed by atoms with E-state index in [1.807, 2.05) is 6.92 Å². The molecule has 1 aromatic carbocycles. The molecule has 0 aromatic heterocycles. The topological polar surface area (TPSA) is 66.4 Å². The van der Waals surface area contributed by atoms with E-state index >= 15 is 0 Å². The van der Waals surface area contributed by atoms with Crippen molar-refractivity contribution in [3.05, 3.63) is 35.4 Å². The van der Waals surface area contributed by atoms with Crippen LogP contribution in [0.2, 0.25) is 0 Å². The van der Waals surface area contributed by atoms with Crippen LogP contribution in [-0.4, -0.2) is 17.0 Å². The van der Waals surface area contributed by atoms with Gasteiger partial charge in [0, 0.05) is 12.5 Å². The van der Waals surface area contributed by atoms with Gasteiger partial charge in [0.15, 0.2) is 0 Å². The number of carboxylic acids is 1. The van der Waals surface area contributed by atoms with Crippen molar-refractivity contribution in [3.8, 4) is 0 Å². The van der Waals surface area contributed by atoms with Crippen molar-refractivity contribution in [1.82, 2.24) is 5.32 Å². The van der Waals surface area contributed by atoms with Gasteiger partial charge in [0.25, 0.3) is 0 Å². The third kappa shape index (κ3) is 4.59. The van der Waals surface area contributed by atoms with E-state index in [1.165, 1.54) is 25.7 Å². The first-order valence-electron chi connectivity index (χ1n) is 7.66. The van der Waals surface area contributed by atoms with E-state index in [9.17, 15) is 9.59 Å². The monoisotopic (exact) mass is 289 g/mol. The second-order valence-corrected chi connectivity index (χ2v) is 6.01. The summed E-state index contributed by atoms with van der Waals surface area (Å²) in [6.45, 7) is 2.44. The minimum Gasteiger partial charge on any atom is -0.478 e. The molecule has 0 aliphatic heterocycles. The minimum absolute atomic E-state index is 0.0476. The molecule has 4 heteroatoms. The number of carboxylic acid groups (broad SMARTS) is 1. The number of benzene rings is 1. The largest absolute Gasteiger partial charge is 0.478 e. The summed E-state index contributed by atoms with van der Waals surface area (Å²) in [4.78, 5) is 22.8. The van der Waals surface area contributed by atoms with E-state index in [1.54, 1.807) is 24.3 Å². The second kappa shape index (κ2) is 7.25. The molecule has 1 amide bonds. The Morgan fingerprint density at radius 1 is 1.24 bits per heavy atom. The van der Waals surface area contributed by atoms with E-state index in [4.69, 9.17) is 5.11 Å². The van der Waals surface area contributed by atoms with E-state index in [0.717, 1.165) is 12.0 Å². The van der Waals surface area contributed by atoms with E-state index in [2.05, 4.69) is 5.32 Å². The van der Waals surface area contributed by atoms with Gasteiger partial charge in [-0.2, -0.15) is 0 Å². The van der Waals surface area contributed by atoms with Crippen LogP contribution in [-0.2, 0) is 11.3 Å². The van der Waals surface area contributed by atoms with Gasteiger partial charge < -0.3 is 10.4 Å². The van der Waals surface area contributed by atoms with Gasteiger partial charge in [-0.05, 0) is 30.0 Å². The summed E-state index contributed by atoms with van der Waals surface area (Å²) in [5.74, 6) is -0.0908. The maximum atomic E-state index is 12.1. The molecule has 0 bridgehead atoms. The average molecular weight is 289 g/mol. The fraction of sp³-hybridized carbons (Fsp3) is 0.529. The molecule has 1 aliphatic carbocycles. The zero-order chi connectivity index (χ0) is 15.2. The Hall–Kier alpha value is -1.84. The Morgan fingerprint density at radius 2 is 1.86 bits per heavy atom. The first-order chi connectivity index (χ1) is 10.1. The van der Waals surface area contributed by atoms with Crippen molar-refractivity contribution in [2.75, 3.05) is 0 Å². The van der Waals surface area contributed by atoms with Crippen molar-refractivity contribution in [1.29, 1.82) is 0 Å². The van der Waals surface area contributed by atoms with Crippen LogP contribution in [0.4, 0.5) is 0 Å². The molecule has 1 unspecified atom stereocenters. The molecule has 0 radical (unpaired) electrons. The maximum Gasteiger partial charge on any atom is 0.335 e. The average Bonchev–Trinajstić information content (AvgIpc) is 2.98. The first kappa shape index (κ1) is 15.5. The number of nitrogens with one attached hydrogen (secondary N) is 1. The lowest BCUT2D eigenvalue weighted by atomic mass is 9.94. The molecule has 4 nitrogen and oxygen atoms in total. The van der Waals surface area contributed by atoms with Gasteiger partial charge in [-0.25, -0.2) is 4.79 Å². The normalized spacial score (nSPS) is 16.6. The molecule has 1 fully saturated rings. The number of amides is 1. The van der Waals surface area contributed by atoms with Crippen LogP contribution < -0.4 is 5.32 Å². The summed E-state index contributed by atoms with van der Waals surface area (Å²) in [5.41, 5.74) is 1.18. The molecule has 114 valence electrons. The highest BCUT2D eigenvalue weighted by Crippen LogP contribution is 2.30. The van der Waals surface area contributed by atoms with Crippen LogP contribution in [0.25, 0.3) is 0 Å². The van der Waals surface area contributed by atoms with Crippen LogP contribution >= 0.6 is 0 Å². The number of hydrogen-bond acceptors (Lipinski definition) is 2. The van der Waals surface area contributed by atoms with Gasteiger partial charge in [-0.3, -0.25) is 4.79 Å². The number of carbonyl (C=O) groups excluding carboxylic acids is 1. The molecule has 1 aromatic rings. The van der Waals surface area contributed by atoms with E-state index in [0.29, 0.717) is 12.5 Å². The molecular weight excluding hydrogens is 266 g/mol. The molecule has 1 aliphatic rings. The smallest absolute Gasteiger partial charge is 0.335 e. The summed E-state index contributed by atoms with van der Waals surface area (Å²) in [5, 5.41) is 11.8. The Bertz CT molecular complexity index is 489. The van der Waals surface area contributed by atoms with Gasteiger partial charge in [0.05, 0.1) is 5.56 Å². The highest BCUT2D eigenvalue weighted by atomic mass is 16.4. The molecule has 1 saturated carbocycles. The second-order valence-electron chi connectivity index (χ2n) is 6.01. The third-order valence-corrected chi connectivity index (χ3v) is 4.28. The van der Waals surface area contributed by atoms with Crippen LogP contribution in [0.15, 0.2) is 24.3 Å². The zero-order valence-corrected chi connectivity index (χ0v) is 12.5. The summed E-state index contributed by atoms with van der Waals surface area (Å²) in [7, 11) is 0. The highest BCUT2D eigenvalue weighted by molar-refractivity contribution is 5.87. The maximum absolute atomic E-state index is 12.1. The SMILES string of the molecule is CC(CC1CCCC1)C(=O)NCc1ccc(C(=O)O)cc1.